The monoisotopic (exact) mass is 247 g/mol. The van der Waals surface area contributed by atoms with Gasteiger partial charge < -0.3 is 9.47 Å². The van der Waals surface area contributed by atoms with Crippen LogP contribution < -0.4 is 0 Å². The van der Waals surface area contributed by atoms with Gasteiger partial charge in [0.15, 0.2) is 6.29 Å². The summed E-state index contributed by atoms with van der Waals surface area (Å²) in [7, 11) is 0. The maximum atomic E-state index is 5.06. The highest BCUT2D eigenvalue weighted by molar-refractivity contribution is 5.77. The molecule has 2 rings (SSSR count). The Morgan fingerprint density at radius 2 is 1.61 bits per heavy atom. The summed E-state index contributed by atoms with van der Waals surface area (Å²) in [5, 5.41) is 1.20. The zero-order valence-electron chi connectivity index (χ0n) is 11.3. The summed E-state index contributed by atoms with van der Waals surface area (Å²) in [6.07, 6.45) is 1.77. The molecule has 3 heteroatoms. The first kappa shape index (κ1) is 14.6. The van der Waals surface area contributed by atoms with Gasteiger partial charge in [-0.25, -0.2) is 0 Å². The van der Waals surface area contributed by atoms with Crippen LogP contribution in [0.25, 0.3) is 10.9 Å². The van der Waals surface area contributed by atoms with Crippen LogP contribution in [-0.2, 0) is 9.47 Å². The van der Waals surface area contributed by atoms with Crippen LogP contribution in [0.5, 0.6) is 0 Å². The van der Waals surface area contributed by atoms with E-state index in [1.54, 1.807) is 0 Å². The number of benzene rings is 1. The van der Waals surface area contributed by atoms with Gasteiger partial charge in [-0.15, -0.1) is 0 Å². The van der Waals surface area contributed by atoms with E-state index in [1.807, 2.05) is 51.2 Å². The Hall–Kier alpha value is -1.45. The first-order chi connectivity index (χ1) is 8.77. The molecule has 2 aromatic rings. The summed E-state index contributed by atoms with van der Waals surface area (Å²) < 4.78 is 10.1. The fourth-order valence-corrected chi connectivity index (χ4v) is 1.53. The lowest BCUT2D eigenvalue weighted by molar-refractivity contribution is -0.123. The van der Waals surface area contributed by atoms with Crippen molar-refractivity contribution >= 4 is 10.9 Å². The van der Waals surface area contributed by atoms with E-state index in [-0.39, 0.29) is 6.29 Å². The van der Waals surface area contributed by atoms with Crippen LogP contribution in [-0.4, -0.2) is 24.5 Å². The Balaban J connectivity index is 0.000000187. The molecule has 0 radical (unpaired) electrons. The molecule has 0 bridgehead atoms. The minimum atomic E-state index is -0.0370. The molecule has 18 heavy (non-hydrogen) atoms. The maximum Gasteiger partial charge on any atom is 0.154 e. The molecule has 1 aromatic heterocycles. The van der Waals surface area contributed by atoms with Crippen molar-refractivity contribution in [2.45, 2.75) is 27.1 Å². The lowest BCUT2D eigenvalue weighted by Gasteiger charge is -2.09. The standard InChI is InChI=1S/C9H7N.C6H14O2/c1-2-6-9-8(4-1)5-3-7-10-9;1-4-7-6(3)8-5-2/h1-7H;6H,4-5H2,1-3H3. The largest absolute Gasteiger partial charge is 0.353 e. The summed E-state index contributed by atoms with van der Waals surface area (Å²) in [6, 6.07) is 12.1. The van der Waals surface area contributed by atoms with Gasteiger partial charge in [0.25, 0.3) is 0 Å². The summed E-state index contributed by atoms with van der Waals surface area (Å²) >= 11 is 0. The molecule has 0 atom stereocenters. The quantitative estimate of drug-likeness (QED) is 0.773. The van der Waals surface area contributed by atoms with Crippen molar-refractivity contribution in [2.75, 3.05) is 13.2 Å². The first-order valence-electron chi connectivity index (χ1n) is 6.30. The Kier molecular flexibility index (Phi) is 6.99. The topological polar surface area (TPSA) is 31.4 Å². The molecule has 0 saturated heterocycles. The number of ether oxygens (including phenoxy) is 2. The lowest BCUT2D eigenvalue weighted by atomic mass is 10.2. The number of pyridine rings is 1. The van der Waals surface area contributed by atoms with E-state index in [1.165, 1.54) is 5.39 Å². The molecule has 0 spiro atoms. The predicted molar refractivity (Wildman–Crippen MR) is 74.5 cm³/mol. The van der Waals surface area contributed by atoms with Crippen molar-refractivity contribution in [3.8, 4) is 0 Å². The van der Waals surface area contributed by atoms with Gasteiger partial charge in [-0.05, 0) is 32.9 Å². The number of hydrogen-bond donors (Lipinski definition) is 0. The van der Waals surface area contributed by atoms with Gasteiger partial charge in [0.2, 0.25) is 0 Å². The van der Waals surface area contributed by atoms with Gasteiger partial charge in [0.05, 0.1) is 5.52 Å². The van der Waals surface area contributed by atoms with E-state index in [4.69, 9.17) is 9.47 Å². The smallest absolute Gasteiger partial charge is 0.154 e. The number of fused-ring (bicyclic) bond motifs is 1. The van der Waals surface area contributed by atoms with Crippen LogP contribution >= 0.6 is 0 Å². The van der Waals surface area contributed by atoms with Crippen molar-refractivity contribution in [3.05, 3.63) is 42.6 Å². The molecule has 1 aromatic carbocycles. The Bertz CT molecular complexity index is 374. The molecule has 0 aliphatic carbocycles. The van der Waals surface area contributed by atoms with Crippen LogP contribution in [0, 0.1) is 0 Å². The minimum Gasteiger partial charge on any atom is -0.353 e. The number of rotatable bonds is 4. The van der Waals surface area contributed by atoms with Gasteiger partial charge in [-0.1, -0.05) is 24.3 Å². The van der Waals surface area contributed by atoms with Crippen molar-refractivity contribution in [1.29, 1.82) is 0 Å². The second-order valence-electron chi connectivity index (χ2n) is 3.67. The van der Waals surface area contributed by atoms with Gasteiger partial charge in [0, 0.05) is 24.8 Å². The van der Waals surface area contributed by atoms with Gasteiger partial charge in [0.1, 0.15) is 0 Å². The second kappa shape index (κ2) is 8.61. The van der Waals surface area contributed by atoms with Crippen LogP contribution in [0.15, 0.2) is 42.6 Å². The van der Waals surface area contributed by atoms with E-state index < -0.39 is 0 Å². The van der Waals surface area contributed by atoms with Crippen molar-refractivity contribution in [3.63, 3.8) is 0 Å². The molecular weight excluding hydrogens is 226 g/mol. The fraction of sp³-hybridized carbons (Fsp3) is 0.400. The molecule has 0 unspecified atom stereocenters. The second-order valence-corrected chi connectivity index (χ2v) is 3.67. The molecule has 3 nitrogen and oxygen atoms in total. The zero-order valence-corrected chi connectivity index (χ0v) is 11.3. The Morgan fingerprint density at radius 3 is 2.22 bits per heavy atom. The van der Waals surface area contributed by atoms with Crippen LogP contribution in [0.1, 0.15) is 20.8 Å². The normalized spacial score (nSPS) is 10.2. The van der Waals surface area contributed by atoms with E-state index >= 15 is 0 Å². The third kappa shape index (κ3) is 5.25. The van der Waals surface area contributed by atoms with Crippen molar-refractivity contribution in [2.24, 2.45) is 0 Å². The summed E-state index contributed by atoms with van der Waals surface area (Å²) in [5.41, 5.74) is 1.06. The van der Waals surface area contributed by atoms with Crippen LogP contribution in [0.2, 0.25) is 0 Å². The molecule has 1 heterocycles. The number of aromatic nitrogens is 1. The molecule has 98 valence electrons. The average Bonchev–Trinajstić information content (AvgIpc) is 2.40. The number of para-hydroxylation sites is 1. The predicted octanol–water partition coefficient (Wildman–Crippen LogP) is 3.64. The highest BCUT2D eigenvalue weighted by atomic mass is 16.7. The lowest BCUT2D eigenvalue weighted by Crippen LogP contribution is -2.11. The summed E-state index contributed by atoms with van der Waals surface area (Å²) in [4.78, 5) is 4.18. The van der Waals surface area contributed by atoms with Crippen molar-refractivity contribution < 1.29 is 9.47 Å². The highest BCUT2D eigenvalue weighted by Gasteiger charge is 1.94. The average molecular weight is 247 g/mol. The third-order valence-electron chi connectivity index (χ3n) is 2.31. The van der Waals surface area contributed by atoms with E-state index in [0.717, 1.165) is 18.7 Å². The van der Waals surface area contributed by atoms with Gasteiger partial charge in [-0.2, -0.15) is 0 Å². The van der Waals surface area contributed by atoms with Gasteiger partial charge >= 0.3 is 0 Å². The first-order valence-corrected chi connectivity index (χ1v) is 6.30. The molecule has 0 aliphatic rings. The van der Waals surface area contributed by atoms with Crippen LogP contribution in [0.4, 0.5) is 0 Å². The fourth-order valence-electron chi connectivity index (χ4n) is 1.53. The summed E-state index contributed by atoms with van der Waals surface area (Å²) in [6.45, 7) is 7.25. The summed E-state index contributed by atoms with van der Waals surface area (Å²) in [5.74, 6) is 0. The molecule has 0 amide bonds. The Morgan fingerprint density at radius 1 is 1.00 bits per heavy atom. The van der Waals surface area contributed by atoms with E-state index in [9.17, 15) is 0 Å². The van der Waals surface area contributed by atoms with E-state index in [2.05, 4.69) is 17.1 Å². The Labute approximate surface area is 109 Å². The minimum absolute atomic E-state index is 0.0370. The third-order valence-corrected chi connectivity index (χ3v) is 2.31. The molecule has 0 saturated carbocycles. The SMILES string of the molecule is CCOC(C)OCC.c1ccc2ncccc2c1. The molecule has 0 aliphatic heterocycles. The van der Waals surface area contributed by atoms with Crippen molar-refractivity contribution in [1.82, 2.24) is 4.98 Å². The number of nitrogens with zero attached hydrogens (tertiary/aromatic N) is 1. The molecular formula is C15H21NO2. The number of hydrogen-bond acceptors (Lipinski definition) is 3. The molecule has 0 fully saturated rings. The molecule has 0 N–H and O–H groups in total. The van der Waals surface area contributed by atoms with E-state index in [0.29, 0.717) is 0 Å². The van der Waals surface area contributed by atoms with Gasteiger partial charge in [-0.3, -0.25) is 4.98 Å². The van der Waals surface area contributed by atoms with Crippen LogP contribution in [0.3, 0.4) is 0 Å². The maximum absolute atomic E-state index is 5.06. The zero-order chi connectivity index (χ0) is 13.2. The highest BCUT2D eigenvalue weighted by Crippen LogP contribution is 2.07.